The van der Waals surface area contributed by atoms with Gasteiger partial charge in [-0.2, -0.15) is 13.2 Å². The van der Waals surface area contributed by atoms with E-state index in [0.29, 0.717) is 11.4 Å². The van der Waals surface area contributed by atoms with Crippen molar-refractivity contribution in [3.05, 3.63) is 48.0 Å². The molecule has 1 amide bonds. The summed E-state index contributed by atoms with van der Waals surface area (Å²) in [5.74, 6) is 0.205. The first-order valence-electron chi connectivity index (χ1n) is 6.28. The fourth-order valence-corrected chi connectivity index (χ4v) is 1.79. The Hall–Kier alpha value is -2.70. The molecule has 0 heterocycles. The molecule has 3 N–H and O–H groups in total. The number of benzene rings is 2. The van der Waals surface area contributed by atoms with Crippen molar-refractivity contribution in [3.63, 3.8) is 0 Å². The first kappa shape index (κ1) is 15.7. The number of hydrogen-bond donors (Lipinski definition) is 2. The summed E-state index contributed by atoms with van der Waals surface area (Å²) in [6.07, 6.45) is -4.46. The van der Waals surface area contributed by atoms with Crippen LogP contribution in [0, 0.1) is 0 Å². The molecule has 22 heavy (non-hydrogen) atoms. The average Bonchev–Trinajstić information content (AvgIpc) is 2.39. The Balaban J connectivity index is 2.22. The molecular formula is C15H13F3N2O2. The molecule has 0 radical (unpaired) electrons. The summed E-state index contributed by atoms with van der Waals surface area (Å²) in [6.45, 7) is 1.36. The predicted molar refractivity (Wildman–Crippen MR) is 76.7 cm³/mol. The van der Waals surface area contributed by atoms with Crippen molar-refractivity contribution < 1.29 is 22.7 Å². The smallest absolute Gasteiger partial charge is 0.416 e. The zero-order valence-corrected chi connectivity index (χ0v) is 11.6. The van der Waals surface area contributed by atoms with Crippen molar-refractivity contribution in [1.29, 1.82) is 0 Å². The van der Waals surface area contributed by atoms with E-state index in [4.69, 9.17) is 10.5 Å². The fourth-order valence-electron chi connectivity index (χ4n) is 1.79. The molecule has 0 unspecified atom stereocenters. The minimum Gasteiger partial charge on any atom is -0.455 e. The third-order valence-corrected chi connectivity index (χ3v) is 2.72. The van der Waals surface area contributed by atoms with Crippen LogP contribution in [0.15, 0.2) is 42.5 Å². The van der Waals surface area contributed by atoms with Crippen LogP contribution in [0.4, 0.5) is 24.5 Å². The van der Waals surface area contributed by atoms with Gasteiger partial charge in [-0.25, -0.2) is 0 Å². The Morgan fingerprint density at radius 3 is 2.50 bits per heavy atom. The van der Waals surface area contributed by atoms with Crippen molar-refractivity contribution in [1.82, 2.24) is 0 Å². The molecule has 7 heteroatoms. The van der Waals surface area contributed by atoms with Gasteiger partial charge in [0, 0.05) is 18.7 Å². The number of rotatable bonds is 3. The van der Waals surface area contributed by atoms with E-state index in [1.54, 1.807) is 24.3 Å². The topological polar surface area (TPSA) is 64.3 Å². The number of halogens is 3. The van der Waals surface area contributed by atoms with Crippen LogP contribution in [0.5, 0.6) is 11.5 Å². The minimum absolute atomic E-state index is 0.105. The van der Waals surface area contributed by atoms with E-state index in [1.807, 2.05) is 0 Å². The Bertz CT molecular complexity index is 699. The van der Waals surface area contributed by atoms with Gasteiger partial charge in [0.2, 0.25) is 5.91 Å². The zero-order valence-electron chi connectivity index (χ0n) is 11.6. The minimum atomic E-state index is -4.46. The Labute approximate surface area is 124 Å². The normalized spacial score (nSPS) is 11.1. The molecule has 0 fully saturated rings. The Morgan fingerprint density at radius 2 is 1.91 bits per heavy atom. The largest absolute Gasteiger partial charge is 0.455 e. The molecule has 0 aromatic heterocycles. The molecule has 2 rings (SSSR count). The van der Waals surface area contributed by atoms with Crippen molar-refractivity contribution in [2.75, 3.05) is 11.1 Å². The fraction of sp³-hybridized carbons (Fsp3) is 0.133. The highest BCUT2D eigenvalue weighted by Gasteiger charge is 2.30. The van der Waals surface area contributed by atoms with Crippen LogP contribution in [0.1, 0.15) is 12.5 Å². The molecule has 0 bridgehead atoms. The molecule has 2 aromatic rings. The highest BCUT2D eigenvalue weighted by atomic mass is 19.4. The predicted octanol–water partition coefficient (Wildman–Crippen LogP) is 4.04. The number of nitrogens with two attached hydrogens (primary N) is 1. The molecule has 4 nitrogen and oxygen atoms in total. The maximum atomic E-state index is 12.6. The molecule has 2 aromatic carbocycles. The summed E-state index contributed by atoms with van der Waals surface area (Å²) in [7, 11) is 0. The van der Waals surface area contributed by atoms with Gasteiger partial charge in [0.05, 0.1) is 11.3 Å². The summed E-state index contributed by atoms with van der Waals surface area (Å²) in [4.78, 5) is 11.0. The third-order valence-electron chi connectivity index (χ3n) is 2.72. The van der Waals surface area contributed by atoms with Crippen molar-refractivity contribution in [2.45, 2.75) is 13.1 Å². The van der Waals surface area contributed by atoms with Gasteiger partial charge in [0.15, 0.2) is 0 Å². The zero-order chi connectivity index (χ0) is 16.3. The van der Waals surface area contributed by atoms with Crippen molar-refractivity contribution >= 4 is 17.3 Å². The van der Waals surface area contributed by atoms with Gasteiger partial charge >= 0.3 is 6.18 Å². The van der Waals surface area contributed by atoms with Crippen LogP contribution in [0.25, 0.3) is 0 Å². The number of carbonyl (C=O) groups is 1. The number of amides is 1. The summed E-state index contributed by atoms with van der Waals surface area (Å²) < 4.78 is 43.1. The lowest BCUT2D eigenvalue weighted by atomic mass is 10.2. The number of nitrogen functional groups attached to an aromatic ring is 1. The number of anilines is 2. The second kappa shape index (κ2) is 5.97. The van der Waals surface area contributed by atoms with E-state index in [2.05, 4.69) is 5.32 Å². The van der Waals surface area contributed by atoms with Crippen LogP contribution in [0.2, 0.25) is 0 Å². The molecule has 0 saturated heterocycles. The first-order valence-corrected chi connectivity index (χ1v) is 6.28. The Kier molecular flexibility index (Phi) is 4.25. The van der Waals surface area contributed by atoms with Gasteiger partial charge in [-0.15, -0.1) is 0 Å². The van der Waals surface area contributed by atoms with Gasteiger partial charge in [-0.05, 0) is 30.3 Å². The van der Waals surface area contributed by atoms with Gasteiger partial charge in [-0.1, -0.05) is 6.07 Å². The van der Waals surface area contributed by atoms with Crippen LogP contribution < -0.4 is 15.8 Å². The SMILES string of the molecule is CC(=O)Nc1cccc(Oc2ccc(C(F)(F)F)cc2N)c1. The van der Waals surface area contributed by atoms with Gasteiger partial charge in [0.25, 0.3) is 0 Å². The quantitative estimate of drug-likeness (QED) is 0.841. The van der Waals surface area contributed by atoms with Gasteiger partial charge in [-0.3, -0.25) is 4.79 Å². The number of ether oxygens (including phenoxy) is 1. The summed E-state index contributed by atoms with van der Waals surface area (Å²) in [6, 6.07) is 9.30. The standard InChI is InChI=1S/C15H13F3N2O2/c1-9(21)20-11-3-2-4-12(8-11)22-14-6-5-10(7-13(14)19)15(16,17)18/h2-8H,19H2,1H3,(H,20,21). The van der Waals surface area contributed by atoms with E-state index in [1.165, 1.54) is 6.92 Å². The molecule has 116 valence electrons. The van der Waals surface area contributed by atoms with Crippen LogP contribution >= 0.6 is 0 Å². The number of hydrogen-bond acceptors (Lipinski definition) is 3. The highest BCUT2D eigenvalue weighted by Crippen LogP contribution is 2.35. The maximum Gasteiger partial charge on any atom is 0.416 e. The molecular weight excluding hydrogens is 297 g/mol. The maximum absolute atomic E-state index is 12.6. The highest BCUT2D eigenvalue weighted by molar-refractivity contribution is 5.88. The number of nitrogens with one attached hydrogen (secondary N) is 1. The number of carbonyl (C=O) groups excluding carboxylic acids is 1. The molecule has 0 spiro atoms. The number of alkyl halides is 3. The van der Waals surface area contributed by atoms with E-state index < -0.39 is 11.7 Å². The van der Waals surface area contributed by atoms with E-state index in [0.717, 1.165) is 18.2 Å². The summed E-state index contributed by atoms with van der Waals surface area (Å²) >= 11 is 0. The monoisotopic (exact) mass is 310 g/mol. The second-order valence-electron chi connectivity index (χ2n) is 4.56. The lowest BCUT2D eigenvalue weighted by molar-refractivity contribution is -0.137. The molecule has 0 aliphatic rings. The van der Waals surface area contributed by atoms with Crippen LogP contribution in [-0.4, -0.2) is 5.91 Å². The van der Waals surface area contributed by atoms with Gasteiger partial charge < -0.3 is 15.8 Å². The van der Waals surface area contributed by atoms with Crippen LogP contribution in [0.3, 0.4) is 0 Å². The lowest BCUT2D eigenvalue weighted by Crippen LogP contribution is -2.06. The van der Waals surface area contributed by atoms with Crippen molar-refractivity contribution in [3.8, 4) is 11.5 Å². The second-order valence-corrected chi connectivity index (χ2v) is 4.56. The molecule has 0 aliphatic heterocycles. The molecule has 0 saturated carbocycles. The summed E-state index contributed by atoms with van der Waals surface area (Å²) in [5.41, 5.74) is 5.13. The van der Waals surface area contributed by atoms with Gasteiger partial charge in [0.1, 0.15) is 11.5 Å². The van der Waals surface area contributed by atoms with E-state index in [9.17, 15) is 18.0 Å². The van der Waals surface area contributed by atoms with E-state index >= 15 is 0 Å². The van der Waals surface area contributed by atoms with Crippen LogP contribution in [-0.2, 0) is 11.0 Å². The Morgan fingerprint density at radius 1 is 1.18 bits per heavy atom. The first-order chi connectivity index (χ1) is 10.3. The van der Waals surface area contributed by atoms with E-state index in [-0.39, 0.29) is 17.3 Å². The average molecular weight is 310 g/mol. The molecule has 0 aliphatic carbocycles. The lowest BCUT2D eigenvalue weighted by Gasteiger charge is -2.12. The summed E-state index contributed by atoms with van der Waals surface area (Å²) in [5, 5.41) is 2.58. The van der Waals surface area contributed by atoms with Crippen molar-refractivity contribution in [2.24, 2.45) is 0 Å². The third kappa shape index (κ3) is 3.91. The molecule has 0 atom stereocenters.